The number of nitrogens with zero attached hydrogens (tertiary/aromatic N) is 3. The third-order valence-electron chi connectivity index (χ3n) is 3.85. The molecule has 0 aliphatic carbocycles. The van der Waals surface area contributed by atoms with Crippen molar-refractivity contribution < 1.29 is 19.1 Å². The maximum Gasteiger partial charge on any atom is 0.266 e. The Balaban J connectivity index is 1.97. The van der Waals surface area contributed by atoms with Gasteiger partial charge in [-0.15, -0.1) is 0 Å². The molecule has 0 radical (unpaired) electrons. The highest BCUT2D eigenvalue weighted by Crippen LogP contribution is 2.33. The highest BCUT2D eigenvalue weighted by molar-refractivity contribution is 8.26. The van der Waals surface area contributed by atoms with E-state index in [4.69, 9.17) is 12.2 Å². The Bertz CT molecular complexity index is 951. The van der Waals surface area contributed by atoms with Crippen molar-refractivity contribution in [3.8, 4) is 5.69 Å². The first-order chi connectivity index (χ1) is 12.3. The van der Waals surface area contributed by atoms with E-state index in [0.717, 1.165) is 27.9 Å². The molecular weight excluding hydrogens is 377 g/mol. The molecule has 1 aliphatic rings. The van der Waals surface area contributed by atoms with Crippen LogP contribution in [0, 0.1) is 19.7 Å². The molecule has 2 aromatic rings. The van der Waals surface area contributed by atoms with Crippen molar-refractivity contribution in [2.24, 2.45) is 0 Å². The molecule has 6 nitrogen and oxygen atoms in total. The van der Waals surface area contributed by atoms with Crippen molar-refractivity contribution in [3.63, 3.8) is 0 Å². The van der Waals surface area contributed by atoms with Crippen LogP contribution in [0.25, 0.3) is 11.8 Å². The molecule has 0 unspecified atom stereocenters. The van der Waals surface area contributed by atoms with Gasteiger partial charge in [-0.1, -0.05) is 24.0 Å². The largest absolute Gasteiger partial charge is 0.548 e. The molecule has 3 rings (SSSR count). The van der Waals surface area contributed by atoms with Crippen LogP contribution in [0.1, 0.15) is 17.0 Å². The summed E-state index contributed by atoms with van der Waals surface area (Å²) in [5.74, 6) is -2.19. The van der Waals surface area contributed by atoms with E-state index in [-0.39, 0.29) is 10.1 Å². The Morgan fingerprint density at radius 2 is 2.00 bits per heavy atom. The number of benzene rings is 1. The molecule has 1 aromatic carbocycles. The highest BCUT2D eigenvalue weighted by atomic mass is 32.2. The third kappa shape index (κ3) is 3.40. The lowest BCUT2D eigenvalue weighted by Gasteiger charge is -2.14. The number of aromatic nitrogens is 2. The van der Waals surface area contributed by atoms with Gasteiger partial charge in [0, 0.05) is 11.3 Å². The minimum atomic E-state index is -1.38. The van der Waals surface area contributed by atoms with Gasteiger partial charge in [-0.3, -0.25) is 9.69 Å². The van der Waals surface area contributed by atoms with Gasteiger partial charge >= 0.3 is 0 Å². The Labute approximate surface area is 158 Å². The summed E-state index contributed by atoms with van der Waals surface area (Å²) in [7, 11) is 0. The summed E-state index contributed by atoms with van der Waals surface area (Å²) in [6.07, 6.45) is 1.65. The van der Waals surface area contributed by atoms with Crippen LogP contribution >= 0.6 is 24.0 Å². The normalized spacial score (nSPS) is 16.0. The first-order valence-electron chi connectivity index (χ1n) is 7.55. The number of carbonyl (C=O) groups is 2. The van der Waals surface area contributed by atoms with E-state index in [2.05, 4.69) is 5.10 Å². The van der Waals surface area contributed by atoms with Crippen molar-refractivity contribution in [1.82, 2.24) is 14.7 Å². The zero-order chi connectivity index (χ0) is 19.0. The van der Waals surface area contributed by atoms with Crippen molar-refractivity contribution in [2.45, 2.75) is 13.8 Å². The molecule has 1 amide bonds. The van der Waals surface area contributed by atoms with Gasteiger partial charge in [-0.05, 0) is 44.2 Å². The highest BCUT2D eigenvalue weighted by Gasteiger charge is 2.32. The van der Waals surface area contributed by atoms with Crippen LogP contribution in [0.3, 0.4) is 0 Å². The number of thioether (sulfide) groups is 1. The zero-order valence-electron chi connectivity index (χ0n) is 13.9. The third-order valence-corrected chi connectivity index (χ3v) is 5.23. The molecule has 1 aliphatic heterocycles. The average Bonchev–Trinajstić information content (AvgIpc) is 3.00. The number of amides is 1. The Hall–Kier alpha value is -2.52. The zero-order valence-corrected chi connectivity index (χ0v) is 15.5. The number of aliphatic carboxylic acids is 1. The van der Waals surface area contributed by atoms with Gasteiger partial charge in [-0.2, -0.15) is 5.10 Å². The molecule has 0 bridgehead atoms. The molecule has 0 atom stereocenters. The maximum absolute atomic E-state index is 13.1. The SMILES string of the molecule is Cc1nn(-c2ccc(F)cc2)c(C)c1/C=C1\SC(=S)N(CC(=O)[O-])C1=O. The number of carboxylic acids is 1. The van der Waals surface area contributed by atoms with Gasteiger partial charge in [-0.25, -0.2) is 9.07 Å². The van der Waals surface area contributed by atoms with E-state index < -0.39 is 18.4 Å². The van der Waals surface area contributed by atoms with Gasteiger partial charge in [0.2, 0.25) is 0 Å². The van der Waals surface area contributed by atoms with Gasteiger partial charge in [0.25, 0.3) is 5.91 Å². The van der Waals surface area contributed by atoms with Gasteiger partial charge < -0.3 is 9.90 Å². The fourth-order valence-electron chi connectivity index (χ4n) is 2.59. The summed E-state index contributed by atoms with van der Waals surface area (Å²) >= 11 is 6.10. The van der Waals surface area contributed by atoms with Crippen molar-refractivity contribution >= 4 is 46.3 Å². The number of carboxylic acid groups (broad SMARTS) is 1. The monoisotopic (exact) mass is 390 g/mol. The Kier molecular flexibility index (Phi) is 4.92. The molecule has 1 aromatic heterocycles. The summed E-state index contributed by atoms with van der Waals surface area (Å²) in [6.45, 7) is 3.05. The number of halogens is 1. The number of rotatable bonds is 4. The van der Waals surface area contributed by atoms with Gasteiger partial charge in [0.05, 0.1) is 28.8 Å². The summed E-state index contributed by atoms with van der Waals surface area (Å²) in [5.41, 5.74) is 2.86. The summed E-state index contributed by atoms with van der Waals surface area (Å²) in [6, 6.07) is 5.91. The van der Waals surface area contributed by atoms with E-state index in [1.54, 1.807) is 29.8 Å². The molecule has 1 saturated heterocycles. The molecule has 9 heteroatoms. The van der Waals surface area contributed by atoms with Crippen LogP contribution in [0.5, 0.6) is 0 Å². The minimum Gasteiger partial charge on any atom is -0.548 e. The number of aryl methyl sites for hydroxylation is 1. The average molecular weight is 390 g/mol. The van der Waals surface area contributed by atoms with Gasteiger partial charge in [0.1, 0.15) is 10.1 Å². The van der Waals surface area contributed by atoms with E-state index in [9.17, 15) is 19.1 Å². The second-order valence-corrected chi connectivity index (χ2v) is 7.29. The van der Waals surface area contributed by atoms with E-state index in [0.29, 0.717) is 16.3 Å². The molecule has 0 N–H and O–H groups in total. The van der Waals surface area contributed by atoms with Gasteiger partial charge in [0.15, 0.2) is 0 Å². The Morgan fingerprint density at radius 1 is 1.35 bits per heavy atom. The van der Waals surface area contributed by atoms with Crippen molar-refractivity contribution in [3.05, 3.63) is 51.9 Å². The van der Waals surface area contributed by atoms with Crippen LogP contribution in [0.2, 0.25) is 0 Å². The second-order valence-electron chi connectivity index (χ2n) is 5.61. The number of hydrogen-bond acceptors (Lipinski definition) is 6. The number of carbonyl (C=O) groups excluding carboxylic acids is 2. The quantitative estimate of drug-likeness (QED) is 0.583. The molecule has 0 spiro atoms. The van der Waals surface area contributed by atoms with Crippen LogP contribution in [-0.4, -0.2) is 37.4 Å². The van der Waals surface area contributed by atoms with Crippen LogP contribution in [-0.2, 0) is 9.59 Å². The fourth-order valence-corrected chi connectivity index (χ4v) is 3.83. The molecule has 2 heterocycles. The van der Waals surface area contributed by atoms with Crippen LogP contribution in [0.15, 0.2) is 29.2 Å². The second kappa shape index (κ2) is 7.00. The van der Waals surface area contributed by atoms with Crippen LogP contribution in [0.4, 0.5) is 4.39 Å². The molecule has 0 saturated carbocycles. The summed E-state index contributed by atoms with van der Waals surface area (Å²) < 4.78 is 15.0. The van der Waals surface area contributed by atoms with E-state index >= 15 is 0 Å². The standard InChI is InChI=1S/C17H14FN3O3S2/c1-9-13(7-14-16(24)20(8-15(22)23)17(25)26-14)10(2)21(19-9)12-5-3-11(18)4-6-12/h3-7H,8H2,1-2H3,(H,22,23)/p-1/b14-7-. The summed E-state index contributed by atoms with van der Waals surface area (Å²) in [5, 5.41) is 15.2. The Morgan fingerprint density at radius 3 is 2.62 bits per heavy atom. The van der Waals surface area contributed by atoms with Crippen LogP contribution < -0.4 is 5.11 Å². The number of thiocarbonyl (C=S) groups is 1. The van der Waals surface area contributed by atoms with Crippen molar-refractivity contribution in [1.29, 1.82) is 0 Å². The topological polar surface area (TPSA) is 78.3 Å². The smallest absolute Gasteiger partial charge is 0.266 e. The first kappa shape index (κ1) is 18.3. The van der Waals surface area contributed by atoms with E-state index in [1.165, 1.54) is 12.1 Å². The number of hydrogen-bond donors (Lipinski definition) is 0. The lowest BCUT2D eigenvalue weighted by molar-refractivity contribution is -0.305. The lowest BCUT2D eigenvalue weighted by Crippen LogP contribution is -2.40. The van der Waals surface area contributed by atoms with Crippen molar-refractivity contribution in [2.75, 3.05) is 6.54 Å². The predicted molar refractivity (Wildman–Crippen MR) is 97.9 cm³/mol. The molecular formula is C17H13FN3O3S2-. The summed E-state index contributed by atoms with van der Waals surface area (Å²) in [4.78, 5) is 24.5. The fraction of sp³-hybridized carbons (Fsp3) is 0.176. The minimum absolute atomic E-state index is 0.173. The molecule has 26 heavy (non-hydrogen) atoms. The molecule has 1 fully saturated rings. The predicted octanol–water partition coefficient (Wildman–Crippen LogP) is 1.58. The lowest BCUT2D eigenvalue weighted by atomic mass is 10.1. The molecule has 134 valence electrons. The van der Waals surface area contributed by atoms with E-state index in [1.807, 2.05) is 6.92 Å². The first-order valence-corrected chi connectivity index (χ1v) is 8.78. The maximum atomic E-state index is 13.1.